The second-order valence-corrected chi connectivity index (χ2v) is 2.65. The fourth-order valence-electron chi connectivity index (χ4n) is 0.704. The second-order valence-electron chi connectivity index (χ2n) is 2.01. The van der Waals surface area contributed by atoms with Gasteiger partial charge >= 0.3 is 0 Å². The van der Waals surface area contributed by atoms with Crippen LogP contribution in [0.15, 0.2) is 22.6 Å². The van der Waals surface area contributed by atoms with Crippen molar-refractivity contribution in [3.63, 3.8) is 0 Å². The van der Waals surface area contributed by atoms with Crippen molar-refractivity contribution in [1.82, 2.24) is 0 Å². The quantitative estimate of drug-likeness (QED) is 0.670. The molecule has 0 atom stereocenters. The molecule has 0 amide bonds. The molecule has 1 heterocycles. The van der Waals surface area contributed by atoms with Crippen LogP contribution in [0.1, 0.15) is 11.5 Å². The number of allylic oxidation sites excluding steroid dienone is 1. The Hall–Kier alpha value is -0.500. The molecule has 1 aromatic heterocycles. The van der Waals surface area contributed by atoms with Crippen molar-refractivity contribution < 1.29 is 4.42 Å². The van der Waals surface area contributed by atoms with Gasteiger partial charge in [0.1, 0.15) is 11.5 Å². The minimum atomic E-state index is 0.868. The summed E-state index contributed by atoms with van der Waals surface area (Å²) in [4.78, 5) is 0. The third-order valence-corrected chi connectivity index (χ3v) is 1.51. The van der Waals surface area contributed by atoms with Gasteiger partial charge in [-0.1, -0.05) is 22.0 Å². The summed E-state index contributed by atoms with van der Waals surface area (Å²) in [6.45, 7) is 1.94. The predicted octanol–water partition coefficient (Wildman–Crippen LogP) is 3.00. The van der Waals surface area contributed by atoms with Gasteiger partial charge in [0.05, 0.1) is 0 Å². The maximum Gasteiger partial charge on any atom is 0.126 e. The SMILES string of the molecule is Cc1ccc(C=CCBr)o1. The molecule has 1 rings (SSSR count). The molecule has 2 heteroatoms. The standard InChI is InChI=1S/C8H9BrO/c1-7-4-5-8(10-7)3-2-6-9/h2-5H,6H2,1H3. The molecule has 0 bridgehead atoms. The Morgan fingerprint density at radius 3 is 2.90 bits per heavy atom. The van der Waals surface area contributed by atoms with Crippen molar-refractivity contribution in [2.75, 3.05) is 5.33 Å². The van der Waals surface area contributed by atoms with Crippen molar-refractivity contribution in [3.8, 4) is 0 Å². The summed E-state index contributed by atoms with van der Waals surface area (Å²) >= 11 is 3.29. The van der Waals surface area contributed by atoms with Crippen LogP contribution in [-0.4, -0.2) is 5.33 Å². The van der Waals surface area contributed by atoms with Crippen molar-refractivity contribution in [2.24, 2.45) is 0 Å². The zero-order valence-corrected chi connectivity index (χ0v) is 7.39. The van der Waals surface area contributed by atoms with Gasteiger partial charge in [-0.05, 0) is 25.1 Å². The van der Waals surface area contributed by atoms with E-state index in [4.69, 9.17) is 4.42 Å². The van der Waals surface area contributed by atoms with Crippen LogP contribution < -0.4 is 0 Å². The smallest absolute Gasteiger partial charge is 0.126 e. The highest BCUT2D eigenvalue weighted by atomic mass is 79.9. The first-order valence-corrected chi connectivity index (χ1v) is 4.24. The fraction of sp³-hybridized carbons (Fsp3) is 0.250. The molecule has 0 saturated heterocycles. The lowest BCUT2D eigenvalue weighted by atomic mass is 10.4. The van der Waals surface area contributed by atoms with Gasteiger partial charge in [-0.2, -0.15) is 0 Å². The van der Waals surface area contributed by atoms with E-state index in [2.05, 4.69) is 15.9 Å². The highest BCUT2D eigenvalue weighted by molar-refractivity contribution is 9.09. The zero-order valence-electron chi connectivity index (χ0n) is 5.80. The Bertz CT molecular complexity index is 225. The molecule has 10 heavy (non-hydrogen) atoms. The van der Waals surface area contributed by atoms with E-state index in [0.717, 1.165) is 16.9 Å². The van der Waals surface area contributed by atoms with Crippen molar-refractivity contribution in [1.29, 1.82) is 0 Å². The number of alkyl halides is 1. The molecule has 0 fully saturated rings. The highest BCUT2D eigenvalue weighted by Gasteiger charge is 1.90. The topological polar surface area (TPSA) is 13.1 Å². The first-order valence-electron chi connectivity index (χ1n) is 3.12. The largest absolute Gasteiger partial charge is 0.462 e. The number of hydrogen-bond donors (Lipinski definition) is 0. The van der Waals surface area contributed by atoms with E-state index in [9.17, 15) is 0 Å². The number of halogens is 1. The van der Waals surface area contributed by atoms with E-state index >= 15 is 0 Å². The number of furan rings is 1. The molecular weight excluding hydrogens is 192 g/mol. The third-order valence-electron chi connectivity index (χ3n) is 1.13. The van der Waals surface area contributed by atoms with Crippen molar-refractivity contribution in [2.45, 2.75) is 6.92 Å². The van der Waals surface area contributed by atoms with Gasteiger partial charge in [0.25, 0.3) is 0 Å². The van der Waals surface area contributed by atoms with Crippen LogP contribution in [0, 0.1) is 6.92 Å². The van der Waals surface area contributed by atoms with Crippen LogP contribution in [0.5, 0.6) is 0 Å². The Kier molecular flexibility index (Phi) is 2.75. The molecule has 0 N–H and O–H groups in total. The van der Waals surface area contributed by atoms with Crippen LogP contribution in [0.4, 0.5) is 0 Å². The van der Waals surface area contributed by atoms with E-state index in [1.807, 2.05) is 31.2 Å². The van der Waals surface area contributed by atoms with Gasteiger partial charge in [-0.15, -0.1) is 0 Å². The molecule has 0 aliphatic rings. The molecule has 0 aliphatic heterocycles. The Balaban J connectivity index is 2.67. The number of rotatable bonds is 2. The summed E-state index contributed by atoms with van der Waals surface area (Å²) < 4.78 is 5.28. The first-order chi connectivity index (χ1) is 4.83. The van der Waals surface area contributed by atoms with E-state index in [1.54, 1.807) is 0 Å². The van der Waals surface area contributed by atoms with E-state index in [1.165, 1.54) is 0 Å². The molecule has 54 valence electrons. The minimum Gasteiger partial charge on any atom is -0.462 e. The minimum absolute atomic E-state index is 0.868. The molecule has 0 unspecified atom stereocenters. The molecule has 0 spiro atoms. The van der Waals surface area contributed by atoms with Gasteiger partial charge in [-0.3, -0.25) is 0 Å². The first kappa shape index (κ1) is 7.61. The number of aryl methyl sites for hydroxylation is 1. The average Bonchev–Trinajstić information content (AvgIpc) is 2.31. The molecule has 1 nitrogen and oxygen atoms in total. The summed E-state index contributed by atoms with van der Waals surface area (Å²) in [6, 6.07) is 3.91. The van der Waals surface area contributed by atoms with Crippen LogP contribution >= 0.6 is 15.9 Å². The second kappa shape index (κ2) is 3.62. The predicted molar refractivity (Wildman–Crippen MR) is 46.3 cm³/mol. The number of hydrogen-bond acceptors (Lipinski definition) is 1. The maximum absolute atomic E-state index is 5.28. The Morgan fingerprint density at radius 2 is 2.40 bits per heavy atom. The summed E-state index contributed by atoms with van der Waals surface area (Å²) in [5, 5.41) is 0.868. The van der Waals surface area contributed by atoms with Crippen LogP contribution in [0.2, 0.25) is 0 Å². The lowest BCUT2D eigenvalue weighted by Gasteiger charge is -1.81. The van der Waals surface area contributed by atoms with E-state index < -0.39 is 0 Å². The van der Waals surface area contributed by atoms with Gasteiger partial charge in [0.2, 0.25) is 0 Å². The lowest BCUT2D eigenvalue weighted by molar-refractivity contribution is 0.525. The van der Waals surface area contributed by atoms with Crippen LogP contribution in [0.25, 0.3) is 6.08 Å². The monoisotopic (exact) mass is 200 g/mol. The Morgan fingerprint density at radius 1 is 1.60 bits per heavy atom. The van der Waals surface area contributed by atoms with Crippen molar-refractivity contribution in [3.05, 3.63) is 29.7 Å². The molecule has 1 aromatic rings. The van der Waals surface area contributed by atoms with Gasteiger partial charge < -0.3 is 4.42 Å². The maximum atomic E-state index is 5.28. The average molecular weight is 201 g/mol. The van der Waals surface area contributed by atoms with Crippen LogP contribution in [0.3, 0.4) is 0 Å². The van der Waals surface area contributed by atoms with Gasteiger partial charge in [-0.25, -0.2) is 0 Å². The normalized spacial score (nSPS) is 11.0. The molecular formula is C8H9BrO. The lowest BCUT2D eigenvalue weighted by Crippen LogP contribution is -1.61. The molecule has 0 radical (unpaired) electrons. The fourth-order valence-corrected chi connectivity index (χ4v) is 0.891. The van der Waals surface area contributed by atoms with Crippen LogP contribution in [-0.2, 0) is 0 Å². The third kappa shape index (κ3) is 2.03. The Labute approximate surface area is 68.9 Å². The summed E-state index contributed by atoms with van der Waals surface area (Å²) in [5.41, 5.74) is 0. The summed E-state index contributed by atoms with van der Waals surface area (Å²) in [5.74, 6) is 1.87. The van der Waals surface area contributed by atoms with Crippen molar-refractivity contribution >= 4 is 22.0 Å². The summed E-state index contributed by atoms with van der Waals surface area (Å²) in [7, 11) is 0. The highest BCUT2D eigenvalue weighted by Crippen LogP contribution is 2.07. The van der Waals surface area contributed by atoms with E-state index in [-0.39, 0.29) is 0 Å². The molecule has 0 aliphatic carbocycles. The van der Waals surface area contributed by atoms with E-state index in [0.29, 0.717) is 0 Å². The van der Waals surface area contributed by atoms with Gasteiger partial charge in [0.15, 0.2) is 0 Å². The van der Waals surface area contributed by atoms with Gasteiger partial charge in [0, 0.05) is 5.33 Å². The molecule has 0 aromatic carbocycles. The summed E-state index contributed by atoms with van der Waals surface area (Å²) in [6.07, 6.45) is 3.94. The molecule has 0 saturated carbocycles. The zero-order chi connectivity index (χ0) is 7.40.